The van der Waals surface area contributed by atoms with Gasteiger partial charge in [-0.3, -0.25) is 0 Å². The zero-order valence-electron chi connectivity index (χ0n) is 34.3. The van der Waals surface area contributed by atoms with Gasteiger partial charge < -0.3 is 0 Å². The van der Waals surface area contributed by atoms with Gasteiger partial charge >= 0.3 is 0 Å². The van der Waals surface area contributed by atoms with Crippen LogP contribution in [-0.2, 0) is 18.5 Å². The van der Waals surface area contributed by atoms with Crippen LogP contribution in [0.5, 0.6) is 0 Å². The summed E-state index contributed by atoms with van der Waals surface area (Å²) in [6, 6.07) is 96.0. The van der Waals surface area contributed by atoms with Gasteiger partial charge in [-0.2, -0.15) is 0 Å². The second-order valence-electron chi connectivity index (χ2n) is 15.3. The van der Waals surface area contributed by atoms with Gasteiger partial charge in [0.05, 0.1) is 0 Å². The molecule has 0 heterocycles. The topological polar surface area (TPSA) is 0 Å². The van der Waals surface area contributed by atoms with Crippen molar-refractivity contribution in [2.24, 2.45) is 0 Å². The van der Waals surface area contributed by atoms with E-state index < -0.39 is 32.6 Å². The van der Waals surface area contributed by atoms with E-state index in [9.17, 15) is 0 Å². The molecule has 0 unspecified atom stereocenters. The van der Waals surface area contributed by atoms with Gasteiger partial charge in [0.1, 0.15) is 8.80 Å². The first-order chi connectivity index (χ1) is 30.3. The lowest BCUT2D eigenvalue weighted by Crippen LogP contribution is -2.55. The lowest BCUT2D eigenvalue weighted by atomic mass is 10.2. The van der Waals surface area contributed by atoms with Crippen LogP contribution >= 0.6 is 23.8 Å². The molecule has 61 heavy (non-hydrogen) atoms. The molecule has 4 heteroatoms. The predicted octanol–water partition coefficient (Wildman–Crippen LogP) is 9.83. The molecule has 0 spiro atoms. The van der Waals surface area contributed by atoms with Gasteiger partial charge in [0.2, 0.25) is 0 Å². The van der Waals surface area contributed by atoms with Crippen molar-refractivity contribution in [1.82, 2.24) is 0 Å². The summed E-state index contributed by atoms with van der Waals surface area (Å²) in [6.07, 6.45) is 2.98. The maximum atomic E-state index is 2.50. The normalized spacial score (nSPS) is 11.4. The summed E-state index contributed by atoms with van der Waals surface area (Å²) in [6.45, 7) is 0. The molecule has 0 aliphatic rings. The molecule has 9 rings (SSSR count). The minimum Gasteiger partial charge on any atom is -0.0623 e. The average Bonchev–Trinajstić information content (AvgIpc) is 3.34. The summed E-state index contributed by atoms with van der Waals surface area (Å²) in [5.41, 5.74) is 4.43. The van der Waals surface area contributed by atoms with E-state index in [4.69, 9.17) is 0 Å². The molecule has 0 aliphatic carbocycles. The van der Waals surface area contributed by atoms with Crippen LogP contribution < -0.4 is 47.4 Å². The Labute approximate surface area is 367 Å². The maximum absolute atomic E-state index is 2.50. The highest BCUT2D eigenvalue weighted by atomic mass is 31.1. The van der Waals surface area contributed by atoms with Crippen molar-refractivity contribution < 1.29 is 0 Å². The predicted molar refractivity (Wildman–Crippen MR) is 274 cm³/mol. The summed E-state index contributed by atoms with van der Waals surface area (Å²) in [5, 5.41) is 13.1. The summed E-state index contributed by atoms with van der Waals surface area (Å²) in [7, 11) is -4.06. The zero-order valence-corrected chi connectivity index (χ0v) is 38.1. The van der Waals surface area contributed by atoms with Crippen LogP contribution in [0.1, 0.15) is 16.7 Å². The Balaban J connectivity index is 1.22. The monoisotopic (exact) mass is 854 g/mol. The standard InChI is InChI=1S/C57H49P3Si/c1-7-28-49(29-8-1)58(50-30-9-2-10-31-50)43-46-25-19-22-40-55(46)61(56-41-23-20-26-47(56)44-59(51-32-11-3-12-33-51)52-34-13-4-14-35-52)57-42-24-21-27-48(57)45-60(53-36-15-5-16-37-53)54-38-17-6-18-39-54/h1-42,61H,43-45H2. The molecule has 0 bridgehead atoms. The zero-order chi connectivity index (χ0) is 41.1. The van der Waals surface area contributed by atoms with Crippen molar-refractivity contribution in [1.29, 1.82) is 0 Å². The first-order valence-corrected chi connectivity index (χ1v) is 27.5. The van der Waals surface area contributed by atoms with Crippen LogP contribution in [0.2, 0.25) is 0 Å². The van der Waals surface area contributed by atoms with Crippen LogP contribution in [0, 0.1) is 0 Å². The quantitative estimate of drug-likeness (QED) is 0.0548. The van der Waals surface area contributed by atoms with Crippen LogP contribution in [0.4, 0.5) is 0 Å². The van der Waals surface area contributed by atoms with Gasteiger partial charge in [-0.05, 0) is 87.8 Å². The summed E-state index contributed by atoms with van der Waals surface area (Å²) >= 11 is 0. The SMILES string of the molecule is c1ccc(P(Cc2ccccc2[SiH](c2ccccc2CP(c2ccccc2)c2ccccc2)c2ccccc2CP(c2ccccc2)c2ccccc2)c2ccccc2)cc1. The fourth-order valence-corrected chi connectivity index (χ4v) is 19.7. The molecule has 0 atom stereocenters. The lowest BCUT2D eigenvalue weighted by Gasteiger charge is -2.29. The van der Waals surface area contributed by atoms with Crippen LogP contribution in [0.3, 0.4) is 0 Å². The average molecular weight is 855 g/mol. The molecule has 0 fully saturated rings. The van der Waals surface area contributed by atoms with Gasteiger partial charge in [-0.15, -0.1) is 0 Å². The molecular formula is C57H49P3Si. The fourth-order valence-electron chi connectivity index (χ4n) is 8.54. The Kier molecular flexibility index (Phi) is 13.6. The third-order valence-electron chi connectivity index (χ3n) is 11.5. The van der Waals surface area contributed by atoms with Crippen molar-refractivity contribution >= 4 is 79.9 Å². The highest BCUT2D eigenvalue weighted by molar-refractivity contribution is 7.73. The summed E-state index contributed by atoms with van der Waals surface area (Å²) in [4.78, 5) is 0. The van der Waals surface area contributed by atoms with E-state index in [0.29, 0.717) is 0 Å². The Morgan fingerprint density at radius 3 is 0.607 bits per heavy atom. The minimum atomic E-state index is -2.14. The van der Waals surface area contributed by atoms with Gasteiger partial charge in [-0.25, -0.2) is 0 Å². The van der Waals surface area contributed by atoms with E-state index in [1.165, 1.54) is 64.1 Å². The van der Waals surface area contributed by atoms with Gasteiger partial charge in [0.15, 0.2) is 0 Å². The van der Waals surface area contributed by atoms with Crippen molar-refractivity contribution in [3.8, 4) is 0 Å². The van der Waals surface area contributed by atoms with E-state index in [0.717, 1.165) is 18.5 Å². The van der Waals surface area contributed by atoms with Crippen molar-refractivity contribution in [3.63, 3.8) is 0 Å². The van der Waals surface area contributed by atoms with Crippen molar-refractivity contribution in [2.45, 2.75) is 18.5 Å². The third-order valence-corrected chi connectivity index (χ3v) is 22.5. The highest BCUT2D eigenvalue weighted by Crippen LogP contribution is 2.40. The Morgan fingerprint density at radius 2 is 0.393 bits per heavy atom. The Hall–Kier alpha value is -5.51. The minimum absolute atomic E-state index is 0.642. The molecule has 0 aromatic heterocycles. The first-order valence-electron chi connectivity index (χ1n) is 21.2. The number of benzene rings is 9. The number of hydrogen-bond donors (Lipinski definition) is 0. The lowest BCUT2D eigenvalue weighted by molar-refractivity contribution is 1.40. The molecule has 0 saturated carbocycles. The molecule has 9 aromatic rings. The van der Waals surface area contributed by atoms with E-state index in [-0.39, 0.29) is 0 Å². The Morgan fingerprint density at radius 1 is 0.213 bits per heavy atom. The molecule has 0 amide bonds. The molecule has 0 saturated heterocycles. The van der Waals surface area contributed by atoms with Gasteiger partial charge in [0, 0.05) is 18.5 Å². The largest absolute Gasteiger partial charge is 0.134 e. The second kappa shape index (κ2) is 20.4. The molecular weight excluding hydrogens is 806 g/mol. The van der Waals surface area contributed by atoms with Crippen molar-refractivity contribution in [3.05, 3.63) is 271 Å². The molecule has 296 valence electrons. The summed E-state index contributed by atoms with van der Waals surface area (Å²) < 4.78 is 0. The molecule has 0 aliphatic heterocycles. The maximum Gasteiger partial charge on any atom is 0.134 e. The van der Waals surface area contributed by atoms with E-state index in [1.807, 2.05) is 0 Å². The smallest absolute Gasteiger partial charge is 0.0623 e. The molecule has 0 nitrogen and oxygen atoms in total. The molecule has 0 radical (unpaired) electrons. The molecule has 0 N–H and O–H groups in total. The van der Waals surface area contributed by atoms with E-state index >= 15 is 0 Å². The fraction of sp³-hybridized carbons (Fsp3) is 0.0526. The number of rotatable bonds is 15. The van der Waals surface area contributed by atoms with Crippen molar-refractivity contribution in [2.75, 3.05) is 0 Å². The molecule has 9 aromatic carbocycles. The van der Waals surface area contributed by atoms with Crippen LogP contribution in [-0.4, -0.2) is 8.80 Å². The van der Waals surface area contributed by atoms with E-state index in [1.54, 1.807) is 0 Å². The summed E-state index contributed by atoms with van der Waals surface area (Å²) in [5.74, 6) is 0. The Bertz CT molecular complexity index is 2310. The third kappa shape index (κ3) is 9.84. The van der Waals surface area contributed by atoms with E-state index in [2.05, 4.69) is 255 Å². The second-order valence-corrected chi connectivity index (χ2v) is 24.6. The van der Waals surface area contributed by atoms with Gasteiger partial charge in [0.25, 0.3) is 0 Å². The van der Waals surface area contributed by atoms with Crippen LogP contribution in [0.15, 0.2) is 255 Å². The first kappa shape index (κ1) is 40.9. The number of hydrogen-bond acceptors (Lipinski definition) is 0. The van der Waals surface area contributed by atoms with Crippen LogP contribution in [0.25, 0.3) is 0 Å². The highest BCUT2D eigenvalue weighted by Gasteiger charge is 2.30. The van der Waals surface area contributed by atoms with Gasteiger partial charge in [-0.1, -0.05) is 255 Å².